The average Bonchev–Trinajstić information content (AvgIpc) is 2.80. The maximum atomic E-state index is 13.3. The van der Waals surface area contributed by atoms with E-state index in [1.807, 2.05) is 6.92 Å². The number of anilines is 1. The fourth-order valence-corrected chi connectivity index (χ4v) is 4.64. The van der Waals surface area contributed by atoms with Crippen LogP contribution in [0, 0.1) is 0 Å². The third-order valence-corrected chi connectivity index (χ3v) is 6.27. The van der Waals surface area contributed by atoms with Gasteiger partial charge in [0.1, 0.15) is 11.4 Å². The molecule has 1 unspecified atom stereocenters. The van der Waals surface area contributed by atoms with Gasteiger partial charge < -0.3 is 19.7 Å². The standard InChI is InChI=1S/C24H32F2N4O2/c1-3-31-15-32-21-13-16(23(25)26)10-11-20(21)22-18-8-4-5-9-19(18)24(29-28-22)27-17-7-6-12-30(2)14-17/h10-11,13,17,23H,3-9,12,14-15H2,1-2H3,(H,27,29). The molecule has 1 aromatic heterocycles. The number of likely N-dealkylation sites (tertiary alicyclic amines) is 1. The lowest BCUT2D eigenvalue weighted by atomic mass is 9.88. The van der Waals surface area contributed by atoms with Crippen LogP contribution in [0.2, 0.25) is 0 Å². The number of aromatic nitrogens is 2. The lowest BCUT2D eigenvalue weighted by Crippen LogP contribution is -2.40. The Morgan fingerprint density at radius 2 is 1.97 bits per heavy atom. The fourth-order valence-electron chi connectivity index (χ4n) is 4.64. The number of likely N-dealkylation sites (N-methyl/N-ethyl adjacent to an activating group) is 1. The molecular formula is C24H32F2N4O2. The van der Waals surface area contributed by atoms with E-state index in [0.29, 0.717) is 24.0 Å². The molecule has 2 heterocycles. The molecule has 1 saturated heterocycles. The number of nitrogens with one attached hydrogen (secondary N) is 1. The summed E-state index contributed by atoms with van der Waals surface area (Å²) in [6, 6.07) is 4.86. The summed E-state index contributed by atoms with van der Waals surface area (Å²) in [5.41, 5.74) is 3.66. The Labute approximate surface area is 188 Å². The SMILES string of the molecule is CCOCOc1cc(C(F)F)ccc1-c1nnc(NC2CCCN(C)C2)c2c1CCCC2. The van der Waals surface area contributed by atoms with Crippen molar-refractivity contribution in [3.05, 3.63) is 34.9 Å². The van der Waals surface area contributed by atoms with E-state index in [4.69, 9.17) is 9.47 Å². The van der Waals surface area contributed by atoms with Crippen molar-refractivity contribution in [2.75, 3.05) is 38.9 Å². The second-order valence-corrected chi connectivity index (χ2v) is 8.62. The summed E-state index contributed by atoms with van der Waals surface area (Å²) in [6.07, 6.45) is 3.72. The van der Waals surface area contributed by atoms with E-state index >= 15 is 0 Å². The molecule has 1 N–H and O–H groups in total. The first-order chi connectivity index (χ1) is 15.6. The van der Waals surface area contributed by atoms with E-state index in [2.05, 4.69) is 27.5 Å². The number of halogens is 2. The third-order valence-electron chi connectivity index (χ3n) is 6.27. The summed E-state index contributed by atoms with van der Waals surface area (Å²) in [4.78, 5) is 2.34. The highest BCUT2D eigenvalue weighted by molar-refractivity contribution is 5.73. The van der Waals surface area contributed by atoms with E-state index in [9.17, 15) is 8.78 Å². The van der Waals surface area contributed by atoms with Crippen LogP contribution in [0.15, 0.2) is 18.2 Å². The van der Waals surface area contributed by atoms with Crippen LogP contribution >= 0.6 is 0 Å². The van der Waals surface area contributed by atoms with Gasteiger partial charge in [0.05, 0.1) is 0 Å². The second-order valence-electron chi connectivity index (χ2n) is 8.62. The van der Waals surface area contributed by atoms with Crippen LogP contribution in [-0.4, -0.2) is 54.7 Å². The number of hydrogen-bond acceptors (Lipinski definition) is 6. The van der Waals surface area contributed by atoms with Crippen molar-refractivity contribution in [2.45, 2.75) is 57.9 Å². The molecule has 2 aliphatic rings. The summed E-state index contributed by atoms with van der Waals surface area (Å²) in [5, 5.41) is 12.8. The topological polar surface area (TPSA) is 59.5 Å². The number of ether oxygens (including phenoxy) is 2. The van der Waals surface area contributed by atoms with Crippen LogP contribution in [-0.2, 0) is 17.6 Å². The van der Waals surface area contributed by atoms with Crippen molar-refractivity contribution in [1.29, 1.82) is 0 Å². The van der Waals surface area contributed by atoms with Gasteiger partial charge in [0.15, 0.2) is 12.6 Å². The Hall–Kier alpha value is -2.32. The fraction of sp³-hybridized carbons (Fsp3) is 0.583. The maximum absolute atomic E-state index is 13.3. The summed E-state index contributed by atoms with van der Waals surface area (Å²) in [5.74, 6) is 1.22. The molecule has 1 atom stereocenters. The Morgan fingerprint density at radius 1 is 1.16 bits per heavy atom. The zero-order chi connectivity index (χ0) is 22.5. The molecule has 0 saturated carbocycles. The van der Waals surface area contributed by atoms with Gasteiger partial charge >= 0.3 is 0 Å². The molecule has 0 radical (unpaired) electrons. The molecule has 0 amide bonds. The van der Waals surface area contributed by atoms with Gasteiger partial charge in [-0.15, -0.1) is 10.2 Å². The van der Waals surface area contributed by atoms with Gasteiger partial charge in [-0.3, -0.25) is 0 Å². The van der Waals surface area contributed by atoms with Crippen molar-refractivity contribution < 1.29 is 18.3 Å². The molecule has 1 aliphatic heterocycles. The smallest absolute Gasteiger partial charge is 0.263 e. The minimum Gasteiger partial charge on any atom is -0.467 e. The minimum atomic E-state index is -2.57. The number of nitrogens with zero attached hydrogens (tertiary/aromatic N) is 3. The van der Waals surface area contributed by atoms with Crippen molar-refractivity contribution in [3.63, 3.8) is 0 Å². The van der Waals surface area contributed by atoms with Gasteiger partial charge in [-0.1, -0.05) is 6.07 Å². The predicted molar refractivity (Wildman–Crippen MR) is 120 cm³/mol. The predicted octanol–water partition coefficient (Wildman–Crippen LogP) is 4.84. The van der Waals surface area contributed by atoms with E-state index < -0.39 is 6.43 Å². The van der Waals surface area contributed by atoms with Crippen molar-refractivity contribution in [3.8, 4) is 17.0 Å². The van der Waals surface area contributed by atoms with Gasteiger partial charge in [0.2, 0.25) is 0 Å². The summed E-state index contributed by atoms with van der Waals surface area (Å²) < 4.78 is 37.7. The van der Waals surface area contributed by atoms with Crippen LogP contribution < -0.4 is 10.1 Å². The summed E-state index contributed by atoms with van der Waals surface area (Å²) in [6.45, 7) is 4.46. The Morgan fingerprint density at radius 3 is 2.72 bits per heavy atom. The van der Waals surface area contributed by atoms with Crippen LogP contribution in [0.5, 0.6) is 5.75 Å². The lowest BCUT2D eigenvalue weighted by Gasteiger charge is -2.31. The minimum absolute atomic E-state index is 0.000642. The largest absolute Gasteiger partial charge is 0.467 e. The molecule has 1 aromatic carbocycles. The van der Waals surface area contributed by atoms with Gasteiger partial charge in [-0.2, -0.15) is 0 Å². The van der Waals surface area contributed by atoms with Crippen LogP contribution in [0.4, 0.5) is 14.6 Å². The molecule has 6 nitrogen and oxygen atoms in total. The van der Waals surface area contributed by atoms with Gasteiger partial charge in [0, 0.05) is 35.9 Å². The van der Waals surface area contributed by atoms with Crippen LogP contribution in [0.25, 0.3) is 11.3 Å². The molecule has 0 bridgehead atoms. The number of benzene rings is 1. The number of alkyl halides is 2. The zero-order valence-electron chi connectivity index (χ0n) is 18.9. The quantitative estimate of drug-likeness (QED) is 0.463. The van der Waals surface area contributed by atoms with Gasteiger partial charge in [0.25, 0.3) is 6.43 Å². The number of piperidine rings is 1. The molecule has 1 fully saturated rings. The molecule has 2 aromatic rings. The normalized spacial score (nSPS) is 19.1. The highest BCUT2D eigenvalue weighted by Crippen LogP contribution is 2.39. The highest BCUT2D eigenvalue weighted by atomic mass is 19.3. The van der Waals surface area contributed by atoms with Gasteiger partial charge in [-0.25, -0.2) is 8.78 Å². The summed E-state index contributed by atoms with van der Waals surface area (Å²) >= 11 is 0. The number of rotatable bonds is 8. The first kappa shape index (κ1) is 22.9. The molecule has 174 valence electrons. The lowest BCUT2D eigenvalue weighted by molar-refractivity contribution is 0.0225. The van der Waals surface area contributed by atoms with Crippen LogP contribution in [0.3, 0.4) is 0 Å². The zero-order valence-corrected chi connectivity index (χ0v) is 18.9. The Bertz CT molecular complexity index is 925. The molecule has 4 rings (SSSR count). The van der Waals surface area contributed by atoms with E-state index in [0.717, 1.165) is 62.3 Å². The van der Waals surface area contributed by atoms with Crippen molar-refractivity contribution in [2.24, 2.45) is 0 Å². The second kappa shape index (κ2) is 10.5. The number of hydrogen-bond donors (Lipinski definition) is 1. The van der Waals surface area contributed by atoms with Crippen LogP contribution in [0.1, 0.15) is 55.7 Å². The molecular weight excluding hydrogens is 414 g/mol. The van der Waals surface area contributed by atoms with Crippen molar-refractivity contribution in [1.82, 2.24) is 15.1 Å². The molecule has 32 heavy (non-hydrogen) atoms. The van der Waals surface area contributed by atoms with E-state index in [1.54, 1.807) is 6.07 Å². The molecule has 8 heteroatoms. The van der Waals surface area contributed by atoms with E-state index in [-0.39, 0.29) is 12.4 Å². The average molecular weight is 447 g/mol. The maximum Gasteiger partial charge on any atom is 0.263 e. The highest BCUT2D eigenvalue weighted by Gasteiger charge is 2.25. The van der Waals surface area contributed by atoms with Gasteiger partial charge in [-0.05, 0) is 76.7 Å². The first-order valence-corrected chi connectivity index (χ1v) is 11.5. The molecule has 1 aliphatic carbocycles. The molecule has 0 spiro atoms. The first-order valence-electron chi connectivity index (χ1n) is 11.5. The third kappa shape index (κ3) is 5.18. The summed E-state index contributed by atoms with van der Waals surface area (Å²) in [7, 11) is 2.14. The number of fused-ring (bicyclic) bond motifs is 1. The Balaban J connectivity index is 1.69. The Kier molecular flexibility index (Phi) is 7.52. The monoisotopic (exact) mass is 446 g/mol. The van der Waals surface area contributed by atoms with Crippen molar-refractivity contribution >= 4 is 5.82 Å². The van der Waals surface area contributed by atoms with E-state index in [1.165, 1.54) is 24.1 Å².